The smallest absolute Gasteiger partial charge is 0.197 e. The van der Waals surface area contributed by atoms with Crippen LogP contribution in [0.4, 0.5) is 0 Å². The van der Waals surface area contributed by atoms with Gasteiger partial charge < -0.3 is 14.2 Å². The van der Waals surface area contributed by atoms with Gasteiger partial charge in [-0.25, -0.2) is 0 Å². The summed E-state index contributed by atoms with van der Waals surface area (Å²) in [6.07, 6.45) is 0.715. The van der Waals surface area contributed by atoms with Gasteiger partial charge in [0.1, 0.15) is 18.1 Å². The lowest BCUT2D eigenvalue weighted by Gasteiger charge is -2.53. The molecule has 0 aromatic heterocycles. The standard InChI is InChI=1S/C39H48O3/c1-9-38(6,7)39(8,37(3,4)5)34-20-22-35(23-21-34)42-29(2)40-24-25-41-36-27-32(30-16-12-10-13-17-30)26-33(28-36)31-18-14-11-15-19-31/h10-23,26-29H,9,24-25H2,1-8H3. The molecule has 3 heteroatoms. The maximum absolute atomic E-state index is 6.18. The molecular weight excluding hydrogens is 516 g/mol. The van der Waals surface area contributed by atoms with Gasteiger partial charge in [-0.05, 0) is 75.9 Å². The highest BCUT2D eigenvalue weighted by molar-refractivity contribution is 5.75. The minimum atomic E-state index is -0.393. The summed E-state index contributed by atoms with van der Waals surface area (Å²) in [4.78, 5) is 0. The Morgan fingerprint density at radius 2 is 1.12 bits per heavy atom. The number of rotatable bonds is 12. The molecule has 0 heterocycles. The Labute approximate surface area is 253 Å². The van der Waals surface area contributed by atoms with Crippen LogP contribution in [0.3, 0.4) is 0 Å². The van der Waals surface area contributed by atoms with E-state index in [4.69, 9.17) is 14.2 Å². The van der Waals surface area contributed by atoms with Gasteiger partial charge in [-0.1, -0.05) is 128 Å². The first kappa shape index (κ1) is 31.4. The minimum absolute atomic E-state index is 0.00489. The van der Waals surface area contributed by atoms with Crippen molar-refractivity contribution >= 4 is 0 Å². The SMILES string of the molecule is CCC(C)(C)C(C)(c1ccc(OC(C)OCCOc2cc(-c3ccccc3)cc(-c3ccccc3)c2)cc1)C(C)(C)C. The Morgan fingerprint density at radius 3 is 1.60 bits per heavy atom. The van der Waals surface area contributed by atoms with E-state index in [-0.39, 0.29) is 16.2 Å². The molecule has 4 rings (SSSR count). The van der Waals surface area contributed by atoms with Gasteiger partial charge >= 0.3 is 0 Å². The Bertz CT molecular complexity index is 1340. The third-order valence-corrected chi connectivity index (χ3v) is 9.30. The van der Waals surface area contributed by atoms with Crippen molar-refractivity contribution in [1.82, 2.24) is 0 Å². The zero-order valence-electron chi connectivity index (χ0n) is 26.7. The highest BCUT2D eigenvalue weighted by Crippen LogP contribution is 2.54. The average Bonchev–Trinajstić information content (AvgIpc) is 2.99. The Morgan fingerprint density at radius 1 is 0.595 bits per heavy atom. The summed E-state index contributed by atoms with van der Waals surface area (Å²) in [6.45, 7) is 19.2. The molecule has 0 amide bonds. The van der Waals surface area contributed by atoms with Gasteiger partial charge in [0.25, 0.3) is 0 Å². The molecule has 0 saturated heterocycles. The quantitative estimate of drug-likeness (QED) is 0.127. The van der Waals surface area contributed by atoms with Crippen LogP contribution in [0.2, 0.25) is 0 Å². The number of benzene rings is 4. The second-order valence-electron chi connectivity index (χ2n) is 13.0. The fraction of sp³-hybridized carbons (Fsp3) is 0.385. The first-order chi connectivity index (χ1) is 19.9. The number of hydrogen-bond donors (Lipinski definition) is 0. The number of ether oxygens (including phenoxy) is 3. The van der Waals surface area contributed by atoms with Gasteiger partial charge in [0.05, 0.1) is 6.61 Å². The fourth-order valence-electron chi connectivity index (χ4n) is 5.94. The lowest BCUT2D eigenvalue weighted by atomic mass is 9.51. The van der Waals surface area contributed by atoms with Gasteiger partial charge in [-0.15, -0.1) is 0 Å². The molecule has 4 aromatic carbocycles. The first-order valence-electron chi connectivity index (χ1n) is 15.2. The summed E-state index contributed by atoms with van der Waals surface area (Å²) in [5.74, 6) is 1.63. The predicted molar refractivity (Wildman–Crippen MR) is 176 cm³/mol. The molecule has 2 unspecified atom stereocenters. The zero-order valence-corrected chi connectivity index (χ0v) is 26.7. The van der Waals surface area contributed by atoms with Crippen LogP contribution in [0.15, 0.2) is 103 Å². The van der Waals surface area contributed by atoms with Crippen LogP contribution in [0.1, 0.15) is 67.4 Å². The predicted octanol–water partition coefficient (Wildman–Crippen LogP) is 10.6. The molecule has 0 spiro atoms. The van der Waals surface area contributed by atoms with Crippen LogP contribution in [-0.2, 0) is 10.2 Å². The van der Waals surface area contributed by atoms with Crippen molar-refractivity contribution in [1.29, 1.82) is 0 Å². The molecule has 0 radical (unpaired) electrons. The lowest BCUT2D eigenvalue weighted by Crippen LogP contribution is -2.49. The second kappa shape index (κ2) is 13.2. The van der Waals surface area contributed by atoms with E-state index in [0.29, 0.717) is 13.2 Å². The van der Waals surface area contributed by atoms with Crippen molar-refractivity contribution in [3.8, 4) is 33.8 Å². The summed E-state index contributed by atoms with van der Waals surface area (Å²) in [7, 11) is 0. The topological polar surface area (TPSA) is 27.7 Å². The zero-order chi connectivity index (χ0) is 30.4. The molecule has 2 atom stereocenters. The van der Waals surface area contributed by atoms with E-state index >= 15 is 0 Å². The van der Waals surface area contributed by atoms with Crippen molar-refractivity contribution in [2.75, 3.05) is 13.2 Å². The molecule has 0 bridgehead atoms. The Kier molecular flexibility index (Phi) is 9.84. The van der Waals surface area contributed by atoms with Crippen LogP contribution in [-0.4, -0.2) is 19.5 Å². The van der Waals surface area contributed by atoms with E-state index in [1.54, 1.807) is 0 Å². The van der Waals surface area contributed by atoms with Crippen molar-refractivity contribution in [2.24, 2.45) is 10.8 Å². The first-order valence-corrected chi connectivity index (χ1v) is 15.2. The largest absolute Gasteiger partial charge is 0.491 e. The minimum Gasteiger partial charge on any atom is -0.491 e. The van der Waals surface area contributed by atoms with Crippen LogP contribution in [0, 0.1) is 10.8 Å². The van der Waals surface area contributed by atoms with E-state index in [1.807, 2.05) is 19.1 Å². The highest BCUT2D eigenvalue weighted by Gasteiger charge is 2.49. The Hall–Kier alpha value is -3.56. The lowest BCUT2D eigenvalue weighted by molar-refractivity contribution is -0.0739. The summed E-state index contributed by atoms with van der Waals surface area (Å²) >= 11 is 0. The van der Waals surface area contributed by atoms with E-state index in [2.05, 4.69) is 139 Å². The van der Waals surface area contributed by atoms with E-state index < -0.39 is 6.29 Å². The summed E-state index contributed by atoms with van der Waals surface area (Å²) in [5, 5.41) is 0. The fourth-order valence-corrected chi connectivity index (χ4v) is 5.94. The molecule has 0 N–H and O–H groups in total. The van der Waals surface area contributed by atoms with Crippen LogP contribution >= 0.6 is 0 Å². The maximum atomic E-state index is 6.18. The third kappa shape index (κ3) is 7.07. The van der Waals surface area contributed by atoms with Crippen molar-refractivity contribution in [3.05, 3.63) is 109 Å². The molecule has 0 aliphatic carbocycles. The van der Waals surface area contributed by atoms with Gasteiger partial charge in [0.15, 0.2) is 6.29 Å². The molecule has 222 valence electrons. The molecular formula is C39H48O3. The molecule has 0 aliphatic heterocycles. The monoisotopic (exact) mass is 564 g/mol. The maximum Gasteiger partial charge on any atom is 0.197 e. The molecule has 0 fully saturated rings. The van der Waals surface area contributed by atoms with Crippen molar-refractivity contribution < 1.29 is 14.2 Å². The van der Waals surface area contributed by atoms with Crippen LogP contribution in [0.5, 0.6) is 11.5 Å². The highest BCUT2D eigenvalue weighted by atomic mass is 16.7. The second-order valence-corrected chi connectivity index (χ2v) is 13.0. The van der Waals surface area contributed by atoms with Crippen LogP contribution < -0.4 is 9.47 Å². The molecule has 4 aromatic rings. The molecule has 42 heavy (non-hydrogen) atoms. The molecule has 0 aliphatic rings. The van der Waals surface area contributed by atoms with E-state index in [9.17, 15) is 0 Å². The summed E-state index contributed by atoms with van der Waals surface area (Å²) in [5.41, 5.74) is 6.15. The van der Waals surface area contributed by atoms with Gasteiger partial charge in [0, 0.05) is 5.41 Å². The van der Waals surface area contributed by atoms with E-state index in [1.165, 1.54) is 5.56 Å². The van der Waals surface area contributed by atoms with Crippen LogP contribution in [0.25, 0.3) is 22.3 Å². The van der Waals surface area contributed by atoms with Gasteiger partial charge in [0.2, 0.25) is 0 Å². The van der Waals surface area contributed by atoms with Gasteiger partial charge in [-0.2, -0.15) is 0 Å². The normalized spacial score (nSPS) is 14.2. The van der Waals surface area contributed by atoms with Crippen molar-refractivity contribution in [2.45, 2.75) is 73.5 Å². The summed E-state index contributed by atoms with van der Waals surface area (Å²) in [6, 6.07) is 35.8. The summed E-state index contributed by atoms with van der Waals surface area (Å²) < 4.78 is 18.3. The average molecular weight is 565 g/mol. The Balaban J connectivity index is 1.37. The molecule has 0 saturated carbocycles. The van der Waals surface area contributed by atoms with Gasteiger partial charge in [-0.3, -0.25) is 0 Å². The van der Waals surface area contributed by atoms with Crippen molar-refractivity contribution in [3.63, 3.8) is 0 Å². The van der Waals surface area contributed by atoms with E-state index in [0.717, 1.165) is 40.2 Å². The molecule has 3 nitrogen and oxygen atoms in total. The number of hydrogen-bond acceptors (Lipinski definition) is 3. The third-order valence-electron chi connectivity index (χ3n) is 9.30.